The van der Waals surface area contributed by atoms with Crippen LogP contribution in [0.2, 0.25) is 0 Å². The Balaban J connectivity index is 1.68. The van der Waals surface area contributed by atoms with Crippen LogP contribution in [0, 0.1) is 0 Å². The molecular formula is C18H24O4. The van der Waals surface area contributed by atoms with E-state index in [-0.39, 0.29) is 12.7 Å². The first-order chi connectivity index (χ1) is 10.7. The van der Waals surface area contributed by atoms with E-state index in [1.807, 2.05) is 12.1 Å². The maximum Gasteiger partial charge on any atom is 0.346 e. The fraction of sp³-hybridized carbons (Fsp3) is 0.500. The molecule has 0 saturated heterocycles. The van der Waals surface area contributed by atoms with Crippen molar-refractivity contribution in [1.82, 2.24) is 0 Å². The Bertz CT molecular complexity index is 474. The van der Waals surface area contributed by atoms with Crippen molar-refractivity contribution in [3.8, 4) is 5.75 Å². The van der Waals surface area contributed by atoms with E-state index < -0.39 is 12.3 Å². The summed E-state index contributed by atoms with van der Waals surface area (Å²) in [5.41, 5.74) is 1.00. The third-order valence-electron chi connectivity index (χ3n) is 3.71. The molecule has 2 rings (SSSR count). The fourth-order valence-electron chi connectivity index (χ4n) is 2.56. The summed E-state index contributed by atoms with van der Waals surface area (Å²) in [5.74, 6) is 0.208. The average molecular weight is 304 g/mol. The Labute approximate surface area is 132 Å². The van der Waals surface area contributed by atoms with E-state index >= 15 is 0 Å². The number of esters is 1. The molecular weight excluding hydrogens is 280 g/mol. The molecule has 0 aromatic heterocycles. The minimum absolute atomic E-state index is 0.119. The van der Waals surface area contributed by atoms with Crippen molar-refractivity contribution < 1.29 is 19.0 Å². The van der Waals surface area contributed by atoms with Crippen LogP contribution in [0.3, 0.4) is 0 Å². The minimum atomic E-state index is -0.526. The topological polar surface area (TPSA) is 44.8 Å². The molecule has 1 aromatic carbocycles. The molecule has 1 aliphatic carbocycles. The van der Waals surface area contributed by atoms with Crippen LogP contribution in [0.1, 0.15) is 44.6 Å². The normalized spacial score (nSPS) is 16.8. The molecule has 4 heteroatoms. The summed E-state index contributed by atoms with van der Waals surface area (Å²) in [6.45, 7) is 5.32. The van der Waals surface area contributed by atoms with Gasteiger partial charge in [0.15, 0.2) is 6.61 Å². The Morgan fingerprint density at radius 1 is 1.27 bits per heavy atom. The summed E-state index contributed by atoms with van der Waals surface area (Å²) < 4.78 is 16.3. The summed E-state index contributed by atoms with van der Waals surface area (Å²) in [6, 6.07) is 7.35. The van der Waals surface area contributed by atoms with Gasteiger partial charge >= 0.3 is 5.97 Å². The summed E-state index contributed by atoms with van der Waals surface area (Å²) in [6.07, 6.45) is 7.19. The van der Waals surface area contributed by atoms with Crippen LogP contribution in [-0.4, -0.2) is 25.0 Å². The van der Waals surface area contributed by atoms with Crippen molar-refractivity contribution in [2.24, 2.45) is 0 Å². The molecule has 1 aliphatic rings. The summed E-state index contributed by atoms with van der Waals surface area (Å²) in [7, 11) is 0. The molecule has 0 bridgehead atoms. The van der Waals surface area contributed by atoms with Crippen molar-refractivity contribution in [1.29, 1.82) is 0 Å². The fourth-order valence-corrected chi connectivity index (χ4v) is 2.56. The Kier molecular flexibility index (Phi) is 6.46. The number of rotatable bonds is 7. The van der Waals surface area contributed by atoms with E-state index in [1.165, 1.54) is 19.3 Å². The molecule has 4 nitrogen and oxygen atoms in total. The van der Waals surface area contributed by atoms with Gasteiger partial charge in [-0.1, -0.05) is 44.1 Å². The van der Waals surface area contributed by atoms with Crippen molar-refractivity contribution in [2.45, 2.75) is 51.4 Å². The number of benzene rings is 1. The highest BCUT2D eigenvalue weighted by Gasteiger charge is 2.19. The third kappa shape index (κ3) is 5.53. The second-order valence-electron chi connectivity index (χ2n) is 5.52. The first-order valence-electron chi connectivity index (χ1n) is 7.87. The average Bonchev–Trinajstić information content (AvgIpc) is 2.54. The lowest BCUT2D eigenvalue weighted by molar-refractivity contribution is -0.189. The van der Waals surface area contributed by atoms with Gasteiger partial charge in [-0.2, -0.15) is 0 Å². The van der Waals surface area contributed by atoms with Gasteiger partial charge in [0.1, 0.15) is 5.75 Å². The molecule has 120 valence electrons. The lowest BCUT2D eigenvalue weighted by Crippen LogP contribution is -2.28. The molecule has 1 saturated carbocycles. The van der Waals surface area contributed by atoms with Gasteiger partial charge in [-0.05, 0) is 37.5 Å². The molecule has 22 heavy (non-hydrogen) atoms. The maximum atomic E-state index is 11.7. The zero-order valence-electron chi connectivity index (χ0n) is 13.1. The van der Waals surface area contributed by atoms with Gasteiger partial charge in [-0.25, -0.2) is 4.79 Å². The van der Waals surface area contributed by atoms with Crippen molar-refractivity contribution in [3.05, 3.63) is 36.4 Å². The van der Waals surface area contributed by atoms with E-state index in [2.05, 4.69) is 6.58 Å². The third-order valence-corrected chi connectivity index (χ3v) is 3.71. The van der Waals surface area contributed by atoms with Gasteiger partial charge < -0.3 is 14.2 Å². The first kappa shape index (κ1) is 16.6. The van der Waals surface area contributed by atoms with Crippen molar-refractivity contribution in [3.63, 3.8) is 0 Å². The van der Waals surface area contributed by atoms with E-state index in [1.54, 1.807) is 25.1 Å². The van der Waals surface area contributed by atoms with Gasteiger partial charge in [0.25, 0.3) is 0 Å². The highest BCUT2D eigenvalue weighted by Crippen LogP contribution is 2.21. The van der Waals surface area contributed by atoms with Gasteiger partial charge in [-0.15, -0.1) is 0 Å². The Morgan fingerprint density at radius 3 is 2.59 bits per heavy atom. The molecule has 0 heterocycles. The molecule has 0 amide bonds. The lowest BCUT2D eigenvalue weighted by atomic mass is 9.98. The Morgan fingerprint density at radius 2 is 1.95 bits per heavy atom. The maximum absolute atomic E-state index is 11.7. The van der Waals surface area contributed by atoms with Gasteiger partial charge in [-0.3, -0.25) is 0 Å². The van der Waals surface area contributed by atoms with E-state index in [9.17, 15) is 4.79 Å². The molecule has 0 radical (unpaired) electrons. The Hall–Kier alpha value is -1.81. The number of hydrogen-bond donors (Lipinski definition) is 0. The second kappa shape index (κ2) is 8.59. The van der Waals surface area contributed by atoms with Gasteiger partial charge in [0, 0.05) is 0 Å². The SMILES string of the molecule is C=Cc1ccc(OCC(=O)OC(C)OC2CCCCC2)cc1. The van der Waals surface area contributed by atoms with Crippen LogP contribution in [0.15, 0.2) is 30.8 Å². The number of carbonyl (C=O) groups excluding carboxylic acids is 1. The molecule has 0 aliphatic heterocycles. The van der Waals surface area contributed by atoms with Crippen LogP contribution in [0.4, 0.5) is 0 Å². The van der Waals surface area contributed by atoms with Gasteiger partial charge in [0.05, 0.1) is 6.10 Å². The predicted molar refractivity (Wildman–Crippen MR) is 85.5 cm³/mol. The smallest absolute Gasteiger partial charge is 0.346 e. The largest absolute Gasteiger partial charge is 0.482 e. The lowest BCUT2D eigenvalue weighted by Gasteiger charge is -2.25. The van der Waals surface area contributed by atoms with Crippen LogP contribution in [-0.2, 0) is 14.3 Å². The quantitative estimate of drug-likeness (QED) is 0.565. The molecule has 1 unspecified atom stereocenters. The zero-order valence-corrected chi connectivity index (χ0v) is 13.1. The predicted octanol–water partition coefficient (Wildman–Crippen LogP) is 3.95. The van der Waals surface area contributed by atoms with Crippen molar-refractivity contribution >= 4 is 12.0 Å². The molecule has 1 fully saturated rings. The standard InChI is InChI=1S/C18H24O4/c1-3-15-9-11-16(12-10-15)20-13-18(19)22-14(2)21-17-7-5-4-6-8-17/h3,9-12,14,17H,1,4-8,13H2,2H3. The molecule has 1 atom stereocenters. The highest BCUT2D eigenvalue weighted by atomic mass is 16.7. The molecule has 0 spiro atoms. The summed E-state index contributed by atoms with van der Waals surface area (Å²) in [5, 5.41) is 0. The monoisotopic (exact) mass is 304 g/mol. The second-order valence-corrected chi connectivity index (χ2v) is 5.52. The molecule has 1 aromatic rings. The van der Waals surface area contributed by atoms with E-state index in [0.29, 0.717) is 5.75 Å². The number of carbonyl (C=O) groups is 1. The summed E-state index contributed by atoms with van der Waals surface area (Å²) in [4.78, 5) is 11.7. The van der Waals surface area contributed by atoms with Crippen LogP contribution < -0.4 is 4.74 Å². The zero-order chi connectivity index (χ0) is 15.8. The first-order valence-corrected chi connectivity index (χ1v) is 7.87. The summed E-state index contributed by atoms with van der Waals surface area (Å²) >= 11 is 0. The highest BCUT2D eigenvalue weighted by molar-refractivity contribution is 5.71. The van der Waals surface area contributed by atoms with Gasteiger partial charge in [0.2, 0.25) is 6.29 Å². The van der Waals surface area contributed by atoms with Crippen LogP contribution in [0.5, 0.6) is 5.75 Å². The van der Waals surface area contributed by atoms with Crippen molar-refractivity contribution in [2.75, 3.05) is 6.61 Å². The van der Waals surface area contributed by atoms with E-state index in [4.69, 9.17) is 14.2 Å². The number of hydrogen-bond acceptors (Lipinski definition) is 4. The number of ether oxygens (including phenoxy) is 3. The van der Waals surface area contributed by atoms with Crippen LogP contribution in [0.25, 0.3) is 6.08 Å². The molecule has 0 N–H and O–H groups in total. The minimum Gasteiger partial charge on any atom is -0.482 e. The van der Waals surface area contributed by atoms with E-state index in [0.717, 1.165) is 18.4 Å². The van der Waals surface area contributed by atoms with Crippen LogP contribution >= 0.6 is 0 Å².